The summed E-state index contributed by atoms with van der Waals surface area (Å²) in [6.07, 6.45) is 3.58. The zero-order valence-corrected chi connectivity index (χ0v) is 10.2. The highest BCUT2D eigenvalue weighted by Crippen LogP contribution is 2.20. The molecule has 0 saturated carbocycles. The zero-order chi connectivity index (χ0) is 13.1. The quantitative estimate of drug-likeness (QED) is 0.747. The maximum absolute atomic E-state index is 11.0. The van der Waals surface area contributed by atoms with Crippen molar-refractivity contribution in [1.82, 2.24) is 4.98 Å². The first-order valence-corrected chi connectivity index (χ1v) is 5.95. The Balaban J connectivity index is 2.09. The topological polar surface area (TPSA) is 97.5 Å². The van der Waals surface area contributed by atoms with Crippen molar-refractivity contribution in [3.8, 4) is 0 Å². The number of carbonyl (C=O) groups is 1. The van der Waals surface area contributed by atoms with E-state index in [9.17, 15) is 4.79 Å². The second-order valence-corrected chi connectivity index (χ2v) is 4.45. The number of anilines is 2. The van der Waals surface area contributed by atoms with Gasteiger partial charge in [-0.05, 0) is 25.8 Å². The van der Waals surface area contributed by atoms with Gasteiger partial charge in [-0.2, -0.15) is 0 Å². The molecule has 2 rings (SSSR count). The molecular weight excluding hydrogens is 234 g/mol. The Morgan fingerprint density at radius 3 is 3.11 bits per heavy atom. The largest absolute Gasteiger partial charge is 0.478 e. The molecule has 1 aliphatic rings. The lowest BCUT2D eigenvalue weighted by Gasteiger charge is -2.20. The predicted molar refractivity (Wildman–Crippen MR) is 67.7 cm³/mol. The summed E-state index contributed by atoms with van der Waals surface area (Å²) in [5, 5.41) is 12.1. The van der Waals surface area contributed by atoms with E-state index in [0.717, 1.165) is 19.4 Å². The van der Waals surface area contributed by atoms with Gasteiger partial charge in [0, 0.05) is 6.61 Å². The number of hydrogen-bond donors (Lipinski definition) is 3. The lowest BCUT2D eigenvalue weighted by Crippen LogP contribution is -2.30. The second kappa shape index (κ2) is 5.22. The molecule has 1 aliphatic heterocycles. The van der Waals surface area contributed by atoms with Crippen LogP contribution in [0.5, 0.6) is 0 Å². The average Bonchev–Trinajstić information content (AvgIpc) is 2.85. The average molecular weight is 251 g/mol. The molecule has 1 aromatic rings. The number of nitrogens with two attached hydrogens (primary N) is 1. The SMILES string of the molecule is CC(Nc1cc(C(=O)O)c(N)cn1)C1CCCO1. The van der Waals surface area contributed by atoms with Crippen LogP contribution in [0.1, 0.15) is 30.1 Å². The molecule has 6 heteroatoms. The third kappa shape index (κ3) is 2.70. The summed E-state index contributed by atoms with van der Waals surface area (Å²) in [5.41, 5.74) is 5.77. The van der Waals surface area contributed by atoms with Crippen molar-refractivity contribution in [2.75, 3.05) is 17.7 Å². The van der Waals surface area contributed by atoms with Gasteiger partial charge in [0.25, 0.3) is 0 Å². The normalized spacial score (nSPS) is 20.6. The van der Waals surface area contributed by atoms with E-state index in [1.807, 2.05) is 6.92 Å². The molecule has 1 saturated heterocycles. The summed E-state index contributed by atoms with van der Waals surface area (Å²) in [7, 11) is 0. The van der Waals surface area contributed by atoms with Crippen LogP contribution in [0.15, 0.2) is 12.3 Å². The first kappa shape index (κ1) is 12.6. The molecule has 4 N–H and O–H groups in total. The number of nitrogens with one attached hydrogen (secondary N) is 1. The number of hydrogen-bond acceptors (Lipinski definition) is 5. The number of rotatable bonds is 4. The van der Waals surface area contributed by atoms with Gasteiger partial charge in [0.1, 0.15) is 5.82 Å². The Morgan fingerprint density at radius 2 is 2.50 bits per heavy atom. The summed E-state index contributed by atoms with van der Waals surface area (Å²) >= 11 is 0. The molecule has 2 atom stereocenters. The predicted octanol–water partition coefficient (Wildman–Crippen LogP) is 1.34. The van der Waals surface area contributed by atoms with Crippen LogP contribution in [0.4, 0.5) is 11.5 Å². The summed E-state index contributed by atoms with van der Waals surface area (Å²) < 4.78 is 5.56. The number of aromatic carboxylic acids is 1. The Kier molecular flexibility index (Phi) is 3.66. The van der Waals surface area contributed by atoms with Crippen LogP contribution >= 0.6 is 0 Å². The molecule has 0 aliphatic carbocycles. The van der Waals surface area contributed by atoms with Gasteiger partial charge in [-0.3, -0.25) is 0 Å². The van der Waals surface area contributed by atoms with E-state index in [-0.39, 0.29) is 23.4 Å². The molecule has 2 unspecified atom stereocenters. The van der Waals surface area contributed by atoms with Crippen molar-refractivity contribution in [1.29, 1.82) is 0 Å². The minimum Gasteiger partial charge on any atom is -0.478 e. The van der Waals surface area contributed by atoms with Gasteiger partial charge >= 0.3 is 5.97 Å². The highest BCUT2D eigenvalue weighted by atomic mass is 16.5. The molecule has 18 heavy (non-hydrogen) atoms. The van der Waals surface area contributed by atoms with E-state index in [0.29, 0.717) is 5.82 Å². The number of aromatic nitrogens is 1. The van der Waals surface area contributed by atoms with Gasteiger partial charge in [-0.15, -0.1) is 0 Å². The number of pyridine rings is 1. The number of carboxylic acids is 1. The minimum absolute atomic E-state index is 0.0621. The fraction of sp³-hybridized carbons (Fsp3) is 0.500. The number of nitrogen functional groups attached to an aromatic ring is 1. The van der Waals surface area contributed by atoms with Crippen LogP contribution in [-0.2, 0) is 4.74 Å². The maximum Gasteiger partial charge on any atom is 0.337 e. The highest BCUT2D eigenvalue weighted by molar-refractivity contribution is 5.94. The van der Waals surface area contributed by atoms with E-state index in [4.69, 9.17) is 15.6 Å². The summed E-state index contributed by atoms with van der Waals surface area (Å²) in [6, 6.07) is 1.54. The molecule has 1 fully saturated rings. The van der Waals surface area contributed by atoms with Crippen molar-refractivity contribution in [3.05, 3.63) is 17.8 Å². The number of carboxylic acid groups (broad SMARTS) is 1. The monoisotopic (exact) mass is 251 g/mol. The Hall–Kier alpha value is -1.82. The standard InChI is InChI=1S/C12H17N3O3/c1-7(10-3-2-4-18-10)15-11-5-8(12(16)17)9(13)6-14-11/h5-7,10H,2-4,13H2,1H3,(H,14,15)(H,16,17). The molecular formula is C12H17N3O3. The van der Waals surface area contributed by atoms with Gasteiger partial charge < -0.3 is 20.9 Å². The molecule has 0 amide bonds. The van der Waals surface area contributed by atoms with Gasteiger partial charge in [0.2, 0.25) is 0 Å². The molecule has 0 aromatic carbocycles. The molecule has 0 bridgehead atoms. The first-order chi connectivity index (χ1) is 8.58. The number of ether oxygens (including phenoxy) is 1. The third-order valence-corrected chi connectivity index (χ3v) is 3.06. The molecule has 0 spiro atoms. The van der Waals surface area contributed by atoms with E-state index in [1.54, 1.807) is 0 Å². The molecule has 6 nitrogen and oxygen atoms in total. The van der Waals surface area contributed by atoms with Crippen LogP contribution in [-0.4, -0.2) is 34.8 Å². The highest BCUT2D eigenvalue weighted by Gasteiger charge is 2.22. The van der Waals surface area contributed by atoms with Gasteiger partial charge in [-0.1, -0.05) is 0 Å². The van der Waals surface area contributed by atoms with Crippen molar-refractivity contribution in [2.24, 2.45) is 0 Å². The fourth-order valence-electron chi connectivity index (χ4n) is 2.05. The lowest BCUT2D eigenvalue weighted by atomic mass is 10.1. The number of nitrogens with zero attached hydrogens (tertiary/aromatic N) is 1. The molecule has 2 heterocycles. The molecule has 1 aromatic heterocycles. The van der Waals surface area contributed by atoms with E-state index in [1.165, 1.54) is 12.3 Å². The van der Waals surface area contributed by atoms with Crippen LogP contribution in [0.2, 0.25) is 0 Å². The van der Waals surface area contributed by atoms with Crippen LogP contribution in [0.25, 0.3) is 0 Å². The second-order valence-electron chi connectivity index (χ2n) is 4.45. The minimum atomic E-state index is -1.05. The fourth-order valence-corrected chi connectivity index (χ4v) is 2.05. The summed E-state index contributed by atoms with van der Waals surface area (Å²) in [6.45, 7) is 2.78. The van der Waals surface area contributed by atoms with E-state index in [2.05, 4.69) is 10.3 Å². The Labute approximate surface area is 105 Å². The van der Waals surface area contributed by atoms with Crippen LogP contribution < -0.4 is 11.1 Å². The lowest BCUT2D eigenvalue weighted by molar-refractivity contribution is 0.0698. The Morgan fingerprint density at radius 1 is 1.72 bits per heavy atom. The van der Waals surface area contributed by atoms with Crippen molar-refractivity contribution in [3.63, 3.8) is 0 Å². The summed E-state index contributed by atoms with van der Waals surface area (Å²) in [5.74, 6) is -0.549. The zero-order valence-electron chi connectivity index (χ0n) is 10.2. The molecule has 98 valence electrons. The molecule has 0 radical (unpaired) electrons. The Bertz CT molecular complexity index is 444. The van der Waals surface area contributed by atoms with E-state index < -0.39 is 5.97 Å². The van der Waals surface area contributed by atoms with Crippen molar-refractivity contribution >= 4 is 17.5 Å². The van der Waals surface area contributed by atoms with Crippen LogP contribution in [0.3, 0.4) is 0 Å². The van der Waals surface area contributed by atoms with Crippen molar-refractivity contribution in [2.45, 2.75) is 31.9 Å². The third-order valence-electron chi connectivity index (χ3n) is 3.06. The van der Waals surface area contributed by atoms with Crippen molar-refractivity contribution < 1.29 is 14.6 Å². The summed E-state index contributed by atoms with van der Waals surface area (Å²) in [4.78, 5) is 15.0. The van der Waals surface area contributed by atoms with E-state index >= 15 is 0 Å². The van der Waals surface area contributed by atoms with Gasteiger partial charge in [-0.25, -0.2) is 9.78 Å². The first-order valence-electron chi connectivity index (χ1n) is 5.95. The van der Waals surface area contributed by atoms with Gasteiger partial charge in [0.05, 0.1) is 29.6 Å². The van der Waals surface area contributed by atoms with Crippen LogP contribution in [0, 0.1) is 0 Å². The van der Waals surface area contributed by atoms with Gasteiger partial charge in [0.15, 0.2) is 0 Å². The maximum atomic E-state index is 11.0. The smallest absolute Gasteiger partial charge is 0.337 e.